The molecule has 0 spiro atoms. The van der Waals surface area contributed by atoms with E-state index in [1.165, 1.54) is 17.7 Å². The Morgan fingerprint density at radius 1 is 1.42 bits per heavy atom. The predicted molar refractivity (Wildman–Crippen MR) is 78.7 cm³/mol. The number of hydrogen-bond donors (Lipinski definition) is 2. The van der Waals surface area contributed by atoms with Crippen LogP contribution in [0.3, 0.4) is 0 Å². The lowest BCUT2D eigenvalue weighted by molar-refractivity contribution is 0.253. The van der Waals surface area contributed by atoms with Gasteiger partial charge in [-0.1, -0.05) is 6.92 Å². The van der Waals surface area contributed by atoms with E-state index >= 15 is 0 Å². The Morgan fingerprint density at radius 2 is 2.26 bits per heavy atom. The van der Waals surface area contributed by atoms with E-state index in [0.717, 1.165) is 35.4 Å². The Morgan fingerprint density at radius 3 is 2.95 bits per heavy atom. The van der Waals surface area contributed by atoms with Gasteiger partial charge in [0.05, 0.1) is 5.39 Å². The molecule has 0 amide bonds. The SMILES string of the molecule is CCc1cc2c(NCC3(CCO)CC3)ncnc2s1. The van der Waals surface area contributed by atoms with Gasteiger partial charge in [-0.05, 0) is 37.2 Å². The summed E-state index contributed by atoms with van der Waals surface area (Å²) in [7, 11) is 0. The Labute approximate surface area is 116 Å². The van der Waals surface area contributed by atoms with Crippen molar-refractivity contribution in [2.24, 2.45) is 5.41 Å². The third-order valence-corrected chi connectivity index (χ3v) is 5.15. The fourth-order valence-corrected chi connectivity index (χ4v) is 3.36. The molecule has 1 aliphatic rings. The van der Waals surface area contributed by atoms with Gasteiger partial charge in [0.25, 0.3) is 0 Å². The number of nitrogens with zero attached hydrogens (tertiary/aromatic N) is 2. The van der Waals surface area contributed by atoms with Crippen molar-refractivity contribution in [3.63, 3.8) is 0 Å². The first-order chi connectivity index (χ1) is 9.26. The average molecular weight is 277 g/mol. The van der Waals surface area contributed by atoms with Crippen LogP contribution in [-0.2, 0) is 6.42 Å². The molecule has 0 aliphatic heterocycles. The van der Waals surface area contributed by atoms with Crippen LogP contribution in [0, 0.1) is 5.41 Å². The minimum atomic E-state index is 0.277. The number of fused-ring (bicyclic) bond motifs is 1. The number of thiophene rings is 1. The lowest BCUT2D eigenvalue weighted by Gasteiger charge is -2.15. The van der Waals surface area contributed by atoms with Crippen LogP contribution >= 0.6 is 11.3 Å². The zero-order chi connectivity index (χ0) is 13.3. The Balaban J connectivity index is 1.79. The monoisotopic (exact) mass is 277 g/mol. The molecular formula is C14H19N3OS. The van der Waals surface area contributed by atoms with Gasteiger partial charge in [0, 0.05) is 18.0 Å². The van der Waals surface area contributed by atoms with Crippen molar-refractivity contribution in [1.82, 2.24) is 9.97 Å². The molecule has 19 heavy (non-hydrogen) atoms. The molecule has 1 aliphatic carbocycles. The van der Waals surface area contributed by atoms with Gasteiger partial charge in [0.1, 0.15) is 17.0 Å². The highest BCUT2D eigenvalue weighted by atomic mass is 32.1. The second kappa shape index (κ2) is 5.06. The van der Waals surface area contributed by atoms with Gasteiger partial charge in [0.2, 0.25) is 0 Å². The summed E-state index contributed by atoms with van der Waals surface area (Å²) >= 11 is 1.74. The number of rotatable bonds is 6. The molecule has 2 heterocycles. The number of aliphatic hydroxyl groups is 1. The summed E-state index contributed by atoms with van der Waals surface area (Å²) in [6.07, 6.45) is 5.97. The first-order valence-corrected chi connectivity index (χ1v) is 7.66. The van der Waals surface area contributed by atoms with Gasteiger partial charge in [-0.3, -0.25) is 0 Å². The first-order valence-electron chi connectivity index (χ1n) is 6.84. The van der Waals surface area contributed by atoms with Crippen molar-refractivity contribution in [3.05, 3.63) is 17.3 Å². The maximum Gasteiger partial charge on any atom is 0.138 e. The van der Waals surface area contributed by atoms with Crippen LogP contribution in [0.5, 0.6) is 0 Å². The van der Waals surface area contributed by atoms with Crippen LogP contribution in [-0.4, -0.2) is 28.2 Å². The van der Waals surface area contributed by atoms with Gasteiger partial charge in [0.15, 0.2) is 0 Å². The van der Waals surface area contributed by atoms with E-state index in [2.05, 4.69) is 28.3 Å². The summed E-state index contributed by atoms with van der Waals surface area (Å²) in [6, 6.07) is 2.19. The highest BCUT2D eigenvalue weighted by Gasteiger charge is 2.41. The molecule has 5 heteroatoms. The van der Waals surface area contributed by atoms with Gasteiger partial charge in [-0.25, -0.2) is 9.97 Å². The van der Waals surface area contributed by atoms with Gasteiger partial charge in [-0.2, -0.15) is 0 Å². The van der Waals surface area contributed by atoms with E-state index in [1.54, 1.807) is 17.7 Å². The van der Waals surface area contributed by atoms with E-state index in [0.29, 0.717) is 5.41 Å². The topological polar surface area (TPSA) is 58.0 Å². The molecule has 0 radical (unpaired) electrons. The van der Waals surface area contributed by atoms with E-state index in [9.17, 15) is 0 Å². The average Bonchev–Trinajstić information content (AvgIpc) is 3.04. The van der Waals surface area contributed by atoms with E-state index in [-0.39, 0.29) is 6.61 Å². The van der Waals surface area contributed by atoms with Crippen LogP contribution in [0.4, 0.5) is 5.82 Å². The van der Waals surface area contributed by atoms with Crippen molar-refractivity contribution < 1.29 is 5.11 Å². The van der Waals surface area contributed by atoms with Crippen molar-refractivity contribution >= 4 is 27.4 Å². The van der Waals surface area contributed by atoms with Crippen LogP contribution in [0.2, 0.25) is 0 Å². The molecule has 0 aromatic carbocycles. The quantitative estimate of drug-likeness (QED) is 0.852. The van der Waals surface area contributed by atoms with E-state index in [4.69, 9.17) is 5.11 Å². The molecule has 2 aromatic heterocycles. The number of hydrogen-bond acceptors (Lipinski definition) is 5. The summed E-state index contributed by atoms with van der Waals surface area (Å²) in [5, 5.41) is 13.7. The molecule has 0 unspecified atom stereocenters. The molecule has 102 valence electrons. The molecule has 0 bridgehead atoms. The molecule has 1 saturated carbocycles. The molecule has 0 saturated heterocycles. The highest BCUT2D eigenvalue weighted by Crippen LogP contribution is 2.48. The number of aliphatic hydroxyl groups excluding tert-OH is 1. The van der Waals surface area contributed by atoms with Crippen molar-refractivity contribution in [3.8, 4) is 0 Å². The zero-order valence-electron chi connectivity index (χ0n) is 11.1. The zero-order valence-corrected chi connectivity index (χ0v) is 12.0. The third-order valence-electron chi connectivity index (χ3n) is 3.96. The van der Waals surface area contributed by atoms with Crippen LogP contribution in [0.25, 0.3) is 10.2 Å². The number of aromatic nitrogens is 2. The highest BCUT2D eigenvalue weighted by molar-refractivity contribution is 7.18. The van der Waals surface area contributed by atoms with Crippen molar-refractivity contribution in [2.45, 2.75) is 32.6 Å². The van der Waals surface area contributed by atoms with Crippen LogP contribution in [0.15, 0.2) is 12.4 Å². The Hall–Kier alpha value is -1.20. The minimum Gasteiger partial charge on any atom is -0.396 e. The van der Waals surface area contributed by atoms with Crippen LogP contribution in [0.1, 0.15) is 31.1 Å². The smallest absolute Gasteiger partial charge is 0.138 e. The maximum absolute atomic E-state index is 9.09. The summed E-state index contributed by atoms with van der Waals surface area (Å²) in [4.78, 5) is 11.1. The second-order valence-electron chi connectivity index (χ2n) is 5.33. The Bertz CT molecular complexity index is 577. The van der Waals surface area contributed by atoms with Gasteiger partial charge < -0.3 is 10.4 Å². The summed E-state index contributed by atoms with van der Waals surface area (Å²) < 4.78 is 0. The summed E-state index contributed by atoms with van der Waals surface area (Å²) in [5.41, 5.74) is 0.301. The fourth-order valence-electron chi connectivity index (χ4n) is 2.42. The molecule has 2 N–H and O–H groups in total. The summed E-state index contributed by atoms with van der Waals surface area (Å²) in [5.74, 6) is 0.935. The van der Waals surface area contributed by atoms with E-state index < -0.39 is 0 Å². The molecule has 4 nitrogen and oxygen atoms in total. The lowest BCUT2D eigenvalue weighted by Crippen LogP contribution is -2.17. The molecule has 0 atom stereocenters. The molecule has 1 fully saturated rings. The van der Waals surface area contributed by atoms with Crippen molar-refractivity contribution in [1.29, 1.82) is 0 Å². The van der Waals surface area contributed by atoms with Gasteiger partial charge >= 0.3 is 0 Å². The minimum absolute atomic E-state index is 0.277. The second-order valence-corrected chi connectivity index (χ2v) is 6.45. The number of anilines is 1. The fraction of sp³-hybridized carbons (Fsp3) is 0.571. The number of aryl methyl sites for hydroxylation is 1. The standard InChI is InChI=1S/C14H19N3OS/c1-2-10-7-11-12(16-9-17-13(11)19-10)15-8-14(3-4-14)5-6-18/h7,9,18H,2-6,8H2,1H3,(H,15,16,17). The predicted octanol–water partition coefficient (Wildman–Crippen LogP) is 2.83. The van der Waals surface area contributed by atoms with E-state index in [1.807, 2.05) is 0 Å². The molecule has 3 rings (SSSR count). The normalized spacial score (nSPS) is 16.7. The van der Waals surface area contributed by atoms with Crippen LogP contribution < -0.4 is 5.32 Å². The lowest BCUT2D eigenvalue weighted by atomic mass is 10.0. The Kier molecular flexibility index (Phi) is 3.41. The number of nitrogens with one attached hydrogen (secondary N) is 1. The third kappa shape index (κ3) is 2.58. The summed E-state index contributed by atoms with van der Waals surface area (Å²) in [6.45, 7) is 3.34. The first kappa shape index (κ1) is 12.8. The largest absolute Gasteiger partial charge is 0.396 e. The molecule has 2 aromatic rings. The maximum atomic E-state index is 9.09. The van der Waals surface area contributed by atoms with Gasteiger partial charge in [-0.15, -0.1) is 11.3 Å². The van der Waals surface area contributed by atoms with Crippen molar-refractivity contribution in [2.75, 3.05) is 18.5 Å². The molecular weight excluding hydrogens is 258 g/mol.